The summed E-state index contributed by atoms with van der Waals surface area (Å²) in [6.45, 7) is 2.16. The third-order valence-corrected chi connectivity index (χ3v) is 4.61. The van der Waals surface area contributed by atoms with Gasteiger partial charge >= 0.3 is 0 Å². The van der Waals surface area contributed by atoms with Crippen molar-refractivity contribution in [3.63, 3.8) is 0 Å². The first-order chi connectivity index (χ1) is 8.75. The maximum absolute atomic E-state index is 9.54. The SMILES string of the molecule is CC12/C=C\C=C/SC(=Cc3ccccc31)C2NO. The Morgan fingerprint density at radius 1 is 1.28 bits per heavy atom. The fourth-order valence-electron chi connectivity index (χ4n) is 2.71. The average Bonchev–Trinajstić information content (AvgIpc) is 2.37. The van der Waals surface area contributed by atoms with Crippen molar-refractivity contribution in [1.29, 1.82) is 0 Å². The van der Waals surface area contributed by atoms with Crippen LogP contribution in [0.4, 0.5) is 0 Å². The topological polar surface area (TPSA) is 32.3 Å². The Balaban J connectivity index is 2.27. The van der Waals surface area contributed by atoms with Crippen molar-refractivity contribution >= 4 is 17.8 Å². The minimum atomic E-state index is -0.229. The fourth-order valence-corrected chi connectivity index (χ4v) is 3.66. The fraction of sp³-hybridized carbons (Fsp3) is 0.200. The van der Waals surface area contributed by atoms with E-state index in [0.717, 1.165) is 4.91 Å². The lowest BCUT2D eigenvalue weighted by atomic mass is 9.70. The molecular weight excluding hydrogens is 242 g/mol. The first-order valence-corrected chi connectivity index (χ1v) is 6.85. The molecule has 3 rings (SSSR count). The molecule has 0 spiro atoms. The first kappa shape index (κ1) is 11.8. The Labute approximate surface area is 111 Å². The molecule has 1 aliphatic carbocycles. The molecule has 1 aromatic rings. The normalized spacial score (nSPS) is 32.8. The summed E-state index contributed by atoms with van der Waals surface area (Å²) in [5.41, 5.74) is 4.73. The summed E-state index contributed by atoms with van der Waals surface area (Å²) in [5.74, 6) is 0. The quantitative estimate of drug-likeness (QED) is 0.756. The van der Waals surface area contributed by atoms with Crippen molar-refractivity contribution in [2.24, 2.45) is 0 Å². The Morgan fingerprint density at radius 2 is 2.11 bits per heavy atom. The molecule has 0 radical (unpaired) electrons. The van der Waals surface area contributed by atoms with Crippen LogP contribution in [0.3, 0.4) is 0 Å². The van der Waals surface area contributed by atoms with E-state index >= 15 is 0 Å². The van der Waals surface area contributed by atoms with E-state index in [4.69, 9.17) is 0 Å². The lowest BCUT2D eigenvalue weighted by Crippen LogP contribution is -2.47. The smallest absolute Gasteiger partial charge is 0.0760 e. The minimum absolute atomic E-state index is 0.0985. The molecule has 2 atom stereocenters. The number of fused-ring (bicyclic) bond motifs is 4. The summed E-state index contributed by atoms with van der Waals surface area (Å²) in [7, 11) is 0. The molecule has 1 aromatic carbocycles. The number of allylic oxidation sites excluding steroid dienone is 2. The molecule has 2 nitrogen and oxygen atoms in total. The molecule has 1 aliphatic heterocycles. The number of nitrogens with one attached hydrogen (secondary N) is 1. The lowest BCUT2D eigenvalue weighted by Gasteiger charge is -2.40. The molecule has 0 aromatic heterocycles. The van der Waals surface area contributed by atoms with E-state index in [1.165, 1.54) is 11.1 Å². The van der Waals surface area contributed by atoms with Crippen molar-refractivity contribution in [3.05, 3.63) is 63.9 Å². The highest BCUT2D eigenvalue weighted by atomic mass is 32.2. The van der Waals surface area contributed by atoms with Gasteiger partial charge in [-0.05, 0) is 22.6 Å². The van der Waals surface area contributed by atoms with Crippen molar-refractivity contribution in [1.82, 2.24) is 5.48 Å². The Hall–Kier alpha value is -1.29. The van der Waals surface area contributed by atoms with Crippen LogP contribution in [-0.4, -0.2) is 11.2 Å². The van der Waals surface area contributed by atoms with Crippen molar-refractivity contribution in [2.75, 3.05) is 0 Å². The molecule has 1 heterocycles. The number of hydrogen-bond acceptors (Lipinski definition) is 3. The van der Waals surface area contributed by atoms with Gasteiger partial charge in [-0.25, -0.2) is 0 Å². The van der Waals surface area contributed by atoms with Gasteiger partial charge in [0, 0.05) is 10.3 Å². The molecule has 2 unspecified atom stereocenters. The van der Waals surface area contributed by atoms with E-state index < -0.39 is 0 Å². The second kappa shape index (κ2) is 4.43. The van der Waals surface area contributed by atoms with Gasteiger partial charge in [0.1, 0.15) is 0 Å². The highest BCUT2D eigenvalue weighted by molar-refractivity contribution is 8.06. The van der Waals surface area contributed by atoms with E-state index in [9.17, 15) is 5.21 Å². The first-order valence-electron chi connectivity index (χ1n) is 5.97. The van der Waals surface area contributed by atoms with Crippen LogP contribution in [-0.2, 0) is 5.41 Å². The summed E-state index contributed by atoms with van der Waals surface area (Å²) >= 11 is 1.65. The molecule has 0 amide bonds. The standard InChI is InChI=1S/C15H15NOS/c1-15-8-4-5-9-18-13(14(15)16-17)10-11-6-2-3-7-12(11)15/h2-10,14,16-17H,1H3/b8-4-,9-5-. The summed E-state index contributed by atoms with van der Waals surface area (Å²) < 4.78 is 0. The Morgan fingerprint density at radius 3 is 2.94 bits per heavy atom. The van der Waals surface area contributed by atoms with Crippen molar-refractivity contribution in [3.8, 4) is 0 Å². The number of benzene rings is 1. The van der Waals surface area contributed by atoms with Crippen LogP contribution >= 0.6 is 11.8 Å². The number of thioether (sulfide) groups is 1. The second-order valence-corrected chi connectivity index (χ2v) is 5.76. The number of hydroxylamine groups is 1. The van der Waals surface area contributed by atoms with Crippen LogP contribution in [0, 0.1) is 0 Å². The average molecular weight is 257 g/mol. The van der Waals surface area contributed by atoms with Gasteiger partial charge in [0.15, 0.2) is 0 Å². The Kier molecular flexibility index (Phi) is 2.90. The lowest BCUT2D eigenvalue weighted by molar-refractivity contribution is 0.118. The number of hydrogen-bond donors (Lipinski definition) is 2. The Bertz CT molecular complexity index is 561. The maximum atomic E-state index is 9.54. The van der Waals surface area contributed by atoms with Crippen LogP contribution in [0.2, 0.25) is 0 Å². The number of rotatable bonds is 1. The molecular formula is C15H15NOS. The molecule has 2 N–H and O–H groups in total. The summed E-state index contributed by atoms with van der Waals surface area (Å²) in [5, 5.41) is 11.6. The van der Waals surface area contributed by atoms with Crippen LogP contribution in [0.15, 0.2) is 52.8 Å². The predicted octanol–water partition coefficient (Wildman–Crippen LogP) is 3.46. The maximum Gasteiger partial charge on any atom is 0.0760 e. The van der Waals surface area contributed by atoms with E-state index in [-0.39, 0.29) is 11.5 Å². The van der Waals surface area contributed by atoms with Gasteiger partial charge in [0.05, 0.1) is 6.04 Å². The second-order valence-electron chi connectivity index (χ2n) is 4.78. The molecule has 0 fully saturated rings. The summed E-state index contributed by atoms with van der Waals surface area (Å²) in [6, 6.07) is 8.26. The van der Waals surface area contributed by atoms with Crippen molar-refractivity contribution < 1.29 is 5.21 Å². The minimum Gasteiger partial charge on any atom is -0.316 e. The van der Waals surface area contributed by atoms with E-state index in [1.807, 2.05) is 17.6 Å². The molecule has 2 aliphatic rings. The molecule has 18 heavy (non-hydrogen) atoms. The van der Waals surface area contributed by atoms with E-state index in [0.29, 0.717) is 0 Å². The summed E-state index contributed by atoms with van der Waals surface area (Å²) in [4.78, 5) is 1.14. The van der Waals surface area contributed by atoms with Crippen LogP contribution in [0.25, 0.3) is 6.08 Å². The summed E-state index contributed by atoms with van der Waals surface area (Å²) in [6.07, 6.45) is 8.40. The zero-order valence-electron chi connectivity index (χ0n) is 10.1. The van der Waals surface area contributed by atoms with Gasteiger partial charge in [-0.1, -0.05) is 49.4 Å². The van der Waals surface area contributed by atoms with Crippen molar-refractivity contribution in [2.45, 2.75) is 18.4 Å². The van der Waals surface area contributed by atoms with Gasteiger partial charge in [0.2, 0.25) is 0 Å². The molecule has 92 valence electrons. The van der Waals surface area contributed by atoms with Crippen LogP contribution in [0.1, 0.15) is 18.1 Å². The van der Waals surface area contributed by atoms with Crippen LogP contribution in [0.5, 0.6) is 0 Å². The van der Waals surface area contributed by atoms with E-state index in [1.54, 1.807) is 11.8 Å². The van der Waals surface area contributed by atoms with Gasteiger partial charge in [-0.2, -0.15) is 5.48 Å². The monoisotopic (exact) mass is 257 g/mol. The van der Waals surface area contributed by atoms with E-state index in [2.05, 4.69) is 48.8 Å². The molecule has 0 saturated carbocycles. The highest BCUT2D eigenvalue weighted by Gasteiger charge is 2.40. The third kappa shape index (κ3) is 1.67. The molecule has 3 heteroatoms. The zero-order valence-corrected chi connectivity index (χ0v) is 10.9. The van der Waals surface area contributed by atoms with Crippen LogP contribution < -0.4 is 5.48 Å². The highest BCUT2D eigenvalue weighted by Crippen LogP contribution is 2.44. The van der Waals surface area contributed by atoms with Gasteiger partial charge in [0.25, 0.3) is 0 Å². The van der Waals surface area contributed by atoms with Gasteiger partial charge in [-0.15, -0.1) is 11.8 Å². The predicted molar refractivity (Wildman–Crippen MR) is 76.4 cm³/mol. The van der Waals surface area contributed by atoms with Gasteiger partial charge in [-0.3, -0.25) is 0 Å². The molecule has 2 bridgehead atoms. The van der Waals surface area contributed by atoms with Gasteiger partial charge < -0.3 is 5.21 Å². The zero-order chi connectivity index (χ0) is 12.6. The largest absolute Gasteiger partial charge is 0.316 e. The molecule has 0 saturated heterocycles. The third-order valence-electron chi connectivity index (χ3n) is 3.69.